The second kappa shape index (κ2) is 14.0. The summed E-state index contributed by atoms with van der Waals surface area (Å²) in [5.74, 6) is 0. The molecule has 0 amide bonds. The normalized spacial score (nSPS) is 18.5. The van der Waals surface area contributed by atoms with Gasteiger partial charge in [0.1, 0.15) is 6.10 Å². The Morgan fingerprint density at radius 3 is 2.44 bits per heavy atom. The Kier molecular flexibility index (Phi) is 11.0. The smallest absolute Gasteiger partial charge is 0.297 e. The van der Waals surface area contributed by atoms with Gasteiger partial charge in [-0.1, -0.05) is 55.0 Å². The molecule has 1 saturated heterocycles. The Morgan fingerprint density at radius 1 is 1.00 bits per heavy atom. The lowest BCUT2D eigenvalue weighted by molar-refractivity contribution is -0.163. The second-order valence-corrected chi connectivity index (χ2v) is 10.4. The van der Waals surface area contributed by atoms with Crippen molar-refractivity contribution in [2.24, 2.45) is 0 Å². The minimum Gasteiger partial charge on any atom is -0.371 e. The molecule has 188 valence electrons. The van der Waals surface area contributed by atoms with Gasteiger partial charge in [0.15, 0.2) is 6.29 Å². The minimum absolute atomic E-state index is 0.111. The van der Waals surface area contributed by atoms with Gasteiger partial charge in [0.05, 0.1) is 17.6 Å². The van der Waals surface area contributed by atoms with Gasteiger partial charge in [0.2, 0.25) is 0 Å². The fraction of sp³-hybridized carbons (Fsp3) is 0.556. The van der Waals surface area contributed by atoms with Gasteiger partial charge in [-0.25, -0.2) is 0 Å². The fourth-order valence-electron chi connectivity index (χ4n) is 3.99. The van der Waals surface area contributed by atoms with Gasteiger partial charge in [-0.3, -0.25) is 4.18 Å². The first kappa shape index (κ1) is 26.8. The Bertz CT molecular complexity index is 923. The molecule has 0 aliphatic carbocycles. The van der Waals surface area contributed by atoms with Crippen LogP contribution in [0.1, 0.15) is 63.0 Å². The van der Waals surface area contributed by atoms with Gasteiger partial charge in [-0.15, -0.1) is 0 Å². The van der Waals surface area contributed by atoms with Crippen LogP contribution in [0.2, 0.25) is 0 Å². The predicted molar refractivity (Wildman–Crippen MR) is 132 cm³/mol. The van der Waals surface area contributed by atoms with Crippen molar-refractivity contribution in [2.75, 3.05) is 13.2 Å². The summed E-state index contributed by atoms with van der Waals surface area (Å²) < 4.78 is 49.4. The Hall–Kier alpha value is -1.77. The number of rotatable bonds is 14. The van der Waals surface area contributed by atoms with Gasteiger partial charge in [0.25, 0.3) is 10.1 Å². The second-order valence-electron chi connectivity index (χ2n) is 8.81. The molecule has 1 unspecified atom stereocenters. The summed E-state index contributed by atoms with van der Waals surface area (Å²) >= 11 is 0. The highest BCUT2D eigenvalue weighted by Gasteiger charge is 2.28. The Balaban J connectivity index is 1.60. The molecule has 0 N–H and O–H groups in total. The van der Waals surface area contributed by atoms with Gasteiger partial charge >= 0.3 is 0 Å². The van der Waals surface area contributed by atoms with Crippen molar-refractivity contribution in [2.45, 2.75) is 88.8 Å². The average Bonchev–Trinajstić information content (AvgIpc) is 2.85. The molecule has 2 aromatic carbocycles. The van der Waals surface area contributed by atoms with E-state index < -0.39 is 16.2 Å². The first-order valence-electron chi connectivity index (χ1n) is 12.4. The van der Waals surface area contributed by atoms with Gasteiger partial charge in [0, 0.05) is 13.2 Å². The van der Waals surface area contributed by atoms with E-state index in [-0.39, 0.29) is 17.3 Å². The van der Waals surface area contributed by atoms with Crippen molar-refractivity contribution >= 4 is 10.1 Å². The molecule has 3 atom stereocenters. The number of ether oxygens (including phenoxy) is 3. The van der Waals surface area contributed by atoms with Crippen LogP contribution in [0.5, 0.6) is 0 Å². The van der Waals surface area contributed by atoms with E-state index in [0.29, 0.717) is 26.1 Å². The number of hydrogen-bond acceptors (Lipinski definition) is 6. The number of benzene rings is 2. The van der Waals surface area contributed by atoms with Crippen LogP contribution in [0.15, 0.2) is 59.5 Å². The summed E-state index contributed by atoms with van der Waals surface area (Å²) in [4.78, 5) is 0.166. The molecule has 0 spiro atoms. The van der Waals surface area contributed by atoms with E-state index in [1.165, 1.54) is 0 Å². The molecule has 1 aliphatic heterocycles. The largest absolute Gasteiger partial charge is 0.371 e. The van der Waals surface area contributed by atoms with Crippen LogP contribution in [0, 0.1) is 6.92 Å². The van der Waals surface area contributed by atoms with Crippen LogP contribution >= 0.6 is 0 Å². The first-order chi connectivity index (χ1) is 16.5. The maximum absolute atomic E-state index is 13.0. The third kappa shape index (κ3) is 8.78. The molecule has 2 aromatic rings. The molecule has 3 rings (SSSR count). The van der Waals surface area contributed by atoms with Crippen molar-refractivity contribution in [3.05, 3.63) is 65.7 Å². The molecule has 0 bridgehead atoms. The highest BCUT2D eigenvalue weighted by molar-refractivity contribution is 7.86. The topological polar surface area (TPSA) is 71.1 Å². The van der Waals surface area contributed by atoms with Crippen LogP contribution < -0.4 is 0 Å². The maximum atomic E-state index is 13.0. The number of aryl methyl sites for hydroxylation is 1. The van der Waals surface area contributed by atoms with E-state index in [2.05, 4.69) is 0 Å². The number of unbranched alkanes of at least 4 members (excludes halogenated alkanes) is 1. The van der Waals surface area contributed by atoms with Crippen LogP contribution in [-0.4, -0.2) is 40.1 Å². The summed E-state index contributed by atoms with van der Waals surface area (Å²) in [5, 5.41) is 0. The summed E-state index contributed by atoms with van der Waals surface area (Å²) in [7, 11) is -3.91. The van der Waals surface area contributed by atoms with Crippen molar-refractivity contribution in [3.8, 4) is 0 Å². The molecule has 0 radical (unpaired) electrons. The maximum Gasteiger partial charge on any atom is 0.297 e. The van der Waals surface area contributed by atoms with Crippen LogP contribution in [0.3, 0.4) is 0 Å². The third-order valence-corrected chi connectivity index (χ3v) is 7.36. The van der Waals surface area contributed by atoms with Crippen molar-refractivity contribution in [3.63, 3.8) is 0 Å². The van der Waals surface area contributed by atoms with Crippen LogP contribution in [0.4, 0.5) is 0 Å². The minimum atomic E-state index is -3.91. The average molecular weight is 491 g/mol. The van der Waals surface area contributed by atoms with Crippen molar-refractivity contribution in [1.82, 2.24) is 0 Å². The Morgan fingerprint density at radius 2 is 1.76 bits per heavy atom. The molecule has 6 nitrogen and oxygen atoms in total. The molecule has 1 aliphatic rings. The first-order valence-corrected chi connectivity index (χ1v) is 13.8. The summed E-state index contributed by atoms with van der Waals surface area (Å²) in [5.41, 5.74) is 2.04. The highest BCUT2D eigenvalue weighted by Crippen LogP contribution is 2.23. The molecule has 1 heterocycles. The van der Waals surface area contributed by atoms with E-state index >= 15 is 0 Å². The zero-order chi connectivity index (χ0) is 24.2. The lowest BCUT2D eigenvalue weighted by Gasteiger charge is -2.27. The molecule has 1 fully saturated rings. The molecule has 7 heteroatoms. The van der Waals surface area contributed by atoms with E-state index in [4.69, 9.17) is 18.4 Å². The van der Waals surface area contributed by atoms with Crippen LogP contribution in [0.25, 0.3) is 0 Å². The SMILES string of the molecule is CC[C@H](OCc1ccccc1)[C@@H](CCCCOC1CCCCO1)OS(=O)(=O)c1ccc(C)cc1. The van der Waals surface area contributed by atoms with E-state index in [9.17, 15) is 8.42 Å². The molecular weight excluding hydrogens is 452 g/mol. The lowest BCUT2D eigenvalue weighted by Crippen LogP contribution is -2.33. The molecule has 34 heavy (non-hydrogen) atoms. The van der Waals surface area contributed by atoms with Gasteiger partial charge in [-0.2, -0.15) is 8.42 Å². The quantitative estimate of drug-likeness (QED) is 0.247. The fourth-order valence-corrected chi connectivity index (χ4v) is 5.12. The van der Waals surface area contributed by atoms with Crippen LogP contribution in [-0.2, 0) is 35.1 Å². The van der Waals surface area contributed by atoms with E-state index in [1.54, 1.807) is 24.3 Å². The molecule has 0 aromatic heterocycles. The van der Waals surface area contributed by atoms with Crippen molar-refractivity contribution < 1.29 is 26.8 Å². The zero-order valence-electron chi connectivity index (χ0n) is 20.4. The molecule has 0 saturated carbocycles. The Labute approximate surface area is 204 Å². The standard InChI is InChI=1S/C27H38O6S/c1-3-25(32-21-23-11-5-4-6-12-23)26(13-7-9-19-30-27-14-8-10-20-31-27)33-34(28,29)24-17-15-22(2)16-18-24/h4-6,11-12,15-18,25-27H,3,7-10,13-14,19-21H2,1-2H3/t25-,26+,27?/m0/s1. The highest BCUT2D eigenvalue weighted by atomic mass is 32.2. The van der Waals surface area contributed by atoms with Gasteiger partial charge < -0.3 is 14.2 Å². The zero-order valence-corrected chi connectivity index (χ0v) is 21.2. The lowest BCUT2D eigenvalue weighted by atomic mass is 10.0. The summed E-state index contributed by atoms with van der Waals surface area (Å²) in [6.07, 6.45) is 4.91. The molecular formula is C27H38O6S. The summed E-state index contributed by atoms with van der Waals surface area (Å²) in [6.45, 7) is 5.67. The monoisotopic (exact) mass is 490 g/mol. The third-order valence-electron chi connectivity index (χ3n) is 6.01. The van der Waals surface area contributed by atoms with Gasteiger partial charge in [-0.05, 0) is 69.6 Å². The van der Waals surface area contributed by atoms with Crippen molar-refractivity contribution in [1.29, 1.82) is 0 Å². The predicted octanol–water partition coefficient (Wildman–Crippen LogP) is 5.78. The van der Waals surface area contributed by atoms with E-state index in [0.717, 1.165) is 49.8 Å². The summed E-state index contributed by atoms with van der Waals surface area (Å²) in [6, 6.07) is 16.6. The van der Waals surface area contributed by atoms with E-state index in [1.807, 2.05) is 44.2 Å². The number of hydrogen-bond donors (Lipinski definition) is 0.